The Balaban J connectivity index is 2.43. The summed E-state index contributed by atoms with van der Waals surface area (Å²) in [4.78, 5) is 11.8. The Labute approximate surface area is 126 Å². The van der Waals surface area contributed by atoms with E-state index in [0.29, 0.717) is 4.64 Å². The molecule has 2 heterocycles. The van der Waals surface area contributed by atoms with Crippen LogP contribution in [0.2, 0.25) is 0 Å². The van der Waals surface area contributed by atoms with Gasteiger partial charge in [-0.15, -0.1) is 0 Å². The number of halogens is 1. The van der Waals surface area contributed by atoms with E-state index in [1.54, 1.807) is 12.4 Å². The van der Waals surface area contributed by atoms with Crippen LogP contribution in [0.5, 0.6) is 0 Å². The van der Waals surface area contributed by atoms with Gasteiger partial charge in [0.1, 0.15) is 10.5 Å². The first-order valence-electron chi connectivity index (χ1n) is 6.06. The van der Waals surface area contributed by atoms with Crippen LogP contribution in [0.1, 0.15) is 37.9 Å². The molecule has 0 aromatic carbocycles. The quantitative estimate of drug-likeness (QED) is 0.835. The molecule has 0 saturated heterocycles. The highest BCUT2D eigenvalue weighted by Crippen LogP contribution is 2.28. The molecule has 0 atom stereocenters. The summed E-state index contributed by atoms with van der Waals surface area (Å²) < 4.78 is 1.49. The van der Waals surface area contributed by atoms with Gasteiger partial charge in [0.15, 0.2) is 0 Å². The summed E-state index contributed by atoms with van der Waals surface area (Å²) in [7, 11) is 0. The van der Waals surface area contributed by atoms with Crippen molar-refractivity contribution < 1.29 is 0 Å². The highest BCUT2D eigenvalue weighted by molar-refractivity contribution is 9.10. The SMILES string of the molecule is CC(C)(C)c1[nH]c(Cc2ccncc2)nc(=S)c1Br. The minimum Gasteiger partial charge on any atom is -0.345 e. The fraction of sp³-hybridized carbons (Fsp3) is 0.357. The van der Waals surface area contributed by atoms with Crippen LogP contribution in [-0.4, -0.2) is 15.0 Å². The molecule has 0 fully saturated rings. The normalized spacial score (nSPS) is 11.6. The molecule has 0 saturated carbocycles. The third kappa shape index (κ3) is 3.48. The first-order chi connectivity index (χ1) is 8.88. The summed E-state index contributed by atoms with van der Waals surface area (Å²) >= 11 is 8.85. The van der Waals surface area contributed by atoms with Crippen molar-refractivity contribution in [3.8, 4) is 0 Å². The zero-order valence-electron chi connectivity index (χ0n) is 11.2. The second-order valence-corrected chi connectivity index (χ2v) is 6.64. The Morgan fingerprint density at radius 2 is 1.89 bits per heavy atom. The molecule has 0 amide bonds. The molecule has 19 heavy (non-hydrogen) atoms. The molecule has 0 unspecified atom stereocenters. The van der Waals surface area contributed by atoms with Gasteiger partial charge in [-0.3, -0.25) is 4.98 Å². The topological polar surface area (TPSA) is 41.6 Å². The maximum Gasteiger partial charge on any atom is 0.144 e. The van der Waals surface area contributed by atoms with Crippen LogP contribution in [0.25, 0.3) is 0 Å². The molecule has 0 spiro atoms. The molecule has 0 bridgehead atoms. The summed E-state index contributed by atoms with van der Waals surface area (Å²) in [6.45, 7) is 6.44. The standard InChI is InChI=1S/C14H16BrN3S/c1-14(2,3)12-11(15)13(19)18-10(17-12)8-9-4-6-16-7-5-9/h4-7H,8H2,1-3H3,(H,17,18,19). The van der Waals surface area contributed by atoms with Crippen LogP contribution in [-0.2, 0) is 11.8 Å². The Morgan fingerprint density at radius 3 is 2.47 bits per heavy atom. The van der Waals surface area contributed by atoms with Gasteiger partial charge in [-0.2, -0.15) is 0 Å². The summed E-state index contributed by atoms with van der Waals surface area (Å²) in [6, 6.07) is 3.97. The number of nitrogens with one attached hydrogen (secondary N) is 1. The molecular formula is C14H16BrN3S. The number of rotatable bonds is 2. The largest absolute Gasteiger partial charge is 0.345 e. The van der Waals surface area contributed by atoms with E-state index in [9.17, 15) is 0 Å². The minimum absolute atomic E-state index is 0.0116. The van der Waals surface area contributed by atoms with Crippen molar-refractivity contribution in [2.75, 3.05) is 0 Å². The lowest BCUT2D eigenvalue weighted by Crippen LogP contribution is -2.17. The fourth-order valence-corrected chi connectivity index (χ4v) is 2.79. The molecule has 0 aliphatic carbocycles. The van der Waals surface area contributed by atoms with Crippen LogP contribution < -0.4 is 0 Å². The van der Waals surface area contributed by atoms with Crippen LogP contribution >= 0.6 is 28.1 Å². The molecule has 0 radical (unpaired) electrons. The summed E-state index contributed by atoms with van der Waals surface area (Å²) in [5, 5.41) is 0. The summed E-state index contributed by atoms with van der Waals surface area (Å²) in [5.41, 5.74) is 2.23. The van der Waals surface area contributed by atoms with Gasteiger partial charge in [0.2, 0.25) is 0 Å². The maximum absolute atomic E-state index is 5.32. The predicted octanol–water partition coefficient (Wildman–Crippen LogP) is 4.18. The number of hydrogen-bond donors (Lipinski definition) is 1. The van der Waals surface area contributed by atoms with Crippen LogP contribution in [0.4, 0.5) is 0 Å². The molecule has 2 aromatic rings. The van der Waals surface area contributed by atoms with Crippen molar-refractivity contribution in [3.63, 3.8) is 0 Å². The molecule has 0 aliphatic heterocycles. The lowest BCUT2D eigenvalue weighted by Gasteiger charge is -2.21. The van der Waals surface area contributed by atoms with Gasteiger partial charge in [-0.05, 0) is 33.6 Å². The van der Waals surface area contributed by atoms with Gasteiger partial charge in [0.05, 0.1) is 4.47 Å². The van der Waals surface area contributed by atoms with Gasteiger partial charge < -0.3 is 4.98 Å². The van der Waals surface area contributed by atoms with Crippen LogP contribution in [0.3, 0.4) is 0 Å². The van der Waals surface area contributed by atoms with E-state index in [4.69, 9.17) is 12.2 Å². The molecule has 1 N–H and O–H groups in total. The van der Waals surface area contributed by atoms with Gasteiger partial charge in [0.25, 0.3) is 0 Å². The smallest absolute Gasteiger partial charge is 0.144 e. The Hall–Kier alpha value is -1.07. The molecule has 3 nitrogen and oxygen atoms in total. The second-order valence-electron chi connectivity index (χ2n) is 5.46. The third-order valence-corrected chi connectivity index (χ3v) is 4.11. The summed E-state index contributed by atoms with van der Waals surface area (Å²) in [6.07, 6.45) is 4.30. The highest BCUT2D eigenvalue weighted by atomic mass is 79.9. The van der Waals surface area contributed by atoms with E-state index in [1.165, 1.54) is 0 Å². The maximum atomic E-state index is 5.32. The van der Waals surface area contributed by atoms with E-state index in [-0.39, 0.29) is 5.41 Å². The lowest BCUT2D eigenvalue weighted by atomic mass is 9.92. The number of nitrogens with zero attached hydrogens (tertiary/aromatic N) is 2. The van der Waals surface area contributed by atoms with E-state index >= 15 is 0 Å². The molecule has 100 valence electrons. The van der Waals surface area contributed by atoms with Crippen molar-refractivity contribution in [2.24, 2.45) is 0 Å². The van der Waals surface area contributed by atoms with Crippen LogP contribution in [0.15, 0.2) is 29.0 Å². The predicted molar refractivity (Wildman–Crippen MR) is 82.9 cm³/mol. The highest BCUT2D eigenvalue weighted by Gasteiger charge is 2.20. The number of aromatic nitrogens is 3. The number of pyridine rings is 1. The van der Waals surface area contributed by atoms with Crippen molar-refractivity contribution in [3.05, 3.63) is 50.7 Å². The molecular weight excluding hydrogens is 322 g/mol. The number of H-pyrrole nitrogens is 1. The molecule has 2 rings (SSSR count). The van der Waals surface area contributed by atoms with Gasteiger partial charge in [-0.1, -0.05) is 33.0 Å². The van der Waals surface area contributed by atoms with Crippen molar-refractivity contribution in [2.45, 2.75) is 32.6 Å². The number of hydrogen-bond acceptors (Lipinski definition) is 3. The zero-order valence-corrected chi connectivity index (χ0v) is 13.6. The van der Waals surface area contributed by atoms with Crippen molar-refractivity contribution in [1.82, 2.24) is 15.0 Å². The lowest BCUT2D eigenvalue weighted by molar-refractivity contribution is 0.558. The minimum atomic E-state index is -0.0116. The zero-order chi connectivity index (χ0) is 14.0. The Morgan fingerprint density at radius 1 is 1.26 bits per heavy atom. The second kappa shape index (κ2) is 5.51. The monoisotopic (exact) mass is 337 g/mol. The van der Waals surface area contributed by atoms with E-state index in [0.717, 1.165) is 28.0 Å². The first kappa shape index (κ1) is 14.3. The van der Waals surface area contributed by atoms with Gasteiger partial charge in [0, 0.05) is 29.9 Å². The third-order valence-electron chi connectivity index (χ3n) is 2.78. The average molecular weight is 338 g/mol. The molecule has 2 aromatic heterocycles. The fourth-order valence-electron chi connectivity index (χ4n) is 1.80. The van der Waals surface area contributed by atoms with Gasteiger partial charge in [-0.25, -0.2) is 4.98 Å². The van der Waals surface area contributed by atoms with Crippen molar-refractivity contribution >= 4 is 28.1 Å². The Kier molecular flexibility index (Phi) is 4.16. The van der Waals surface area contributed by atoms with E-state index in [2.05, 4.69) is 51.7 Å². The number of aromatic amines is 1. The van der Waals surface area contributed by atoms with Crippen molar-refractivity contribution in [1.29, 1.82) is 0 Å². The van der Waals surface area contributed by atoms with Gasteiger partial charge >= 0.3 is 0 Å². The summed E-state index contributed by atoms with van der Waals surface area (Å²) in [5.74, 6) is 0.879. The van der Waals surface area contributed by atoms with E-state index in [1.807, 2.05) is 12.1 Å². The van der Waals surface area contributed by atoms with E-state index < -0.39 is 0 Å². The Bertz CT molecular complexity index is 629. The molecule has 5 heteroatoms. The first-order valence-corrected chi connectivity index (χ1v) is 7.26. The van der Waals surface area contributed by atoms with Crippen LogP contribution in [0, 0.1) is 4.64 Å². The average Bonchev–Trinajstić information content (AvgIpc) is 2.33. The molecule has 0 aliphatic rings.